The van der Waals surface area contributed by atoms with E-state index >= 15 is 0 Å². The molecule has 0 fully saturated rings. The normalized spacial score (nSPS) is 10.8. The Hall–Kier alpha value is -1.84. The molecule has 2 heterocycles. The quantitative estimate of drug-likeness (QED) is 0.634. The number of rotatable bonds is 6. The molecule has 0 spiro atoms. The van der Waals surface area contributed by atoms with Crippen molar-refractivity contribution in [3.8, 4) is 0 Å². The van der Waals surface area contributed by atoms with Crippen molar-refractivity contribution in [1.29, 1.82) is 0 Å². The molecule has 1 aromatic carbocycles. The Morgan fingerprint density at radius 1 is 1.28 bits per heavy atom. The van der Waals surface area contributed by atoms with Gasteiger partial charge < -0.3 is 5.32 Å². The average molecular weight is 395 g/mol. The standard InChI is InChI=1S/C16H15FN4OS3/c1-23-15-13(16(24-2)25-20-15)14(22)18-12-7-8-21(19-12)9-10-5-3-4-6-11(10)17/h3-8H,9H2,1-2H3,(H,18,19,22). The number of hydrogen-bond acceptors (Lipinski definition) is 6. The molecular weight excluding hydrogens is 379 g/mol. The summed E-state index contributed by atoms with van der Waals surface area (Å²) in [6.45, 7) is 0.300. The van der Waals surface area contributed by atoms with Crippen LogP contribution in [0.25, 0.3) is 0 Å². The summed E-state index contributed by atoms with van der Waals surface area (Å²) in [5, 5.41) is 7.79. The highest BCUT2D eigenvalue weighted by molar-refractivity contribution is 8.01. The number of thioether (sulfide) groups is 2. The highest BCUT2D eigenvalue weighted by Gasteiger charge is 2.20. The van der Waals surface area contributed by atoms with Gasteiger partial charge >= 0.3 is 0 Å². The van der Waals surface area contributed by atoms with Crippen molar-refractivity contribution in [3.63, 3.8) is 0 Å². The molecule has 0 aliphatic rings. The number of carbonyl (C=O) groups excluding carboxylic acids is 1. The molecule has 3 rings (SSSR count). The number of amides is 1. The molecule has 0 aliphatic heterocycles. The smallest absolute Gasteiger partial charge is 0.261 e. The molecule has 0 saturated heterocycles. The maximum absolute atomic E-state index is 13.7. The van der Waals surface area contributed by atoms with Gasteiger partial charge in [0.15, 0.2) is 5.82 Å². The second-order valence-electron chi connectivity index (χ2n) is 5.00. The topological polar surface area (TPSA) is 59.8 Å². The van der Waals surface area contributed by atoms with E-state index in [0.717, 1.165) is 4.21 Å². The predicted molar refractivity (Wildman–Crippen MR) is 101 cm³/mol. The van der Waals surface area contributed by atoms with E-state index < -0.39 is 0 Å². The SMILES string of the molecule is CSc1nsc(SC)c1C(=O)Nc1ccn(Cc2ccccc2F)n1. The number of benzene rings is 1. The van der Waals surface area contributed by atoms with Crippen LogP contribution in [0, 0.1) is 5.82 Å². The minimum absolute atomic E-state index is 0.237. The minimum atomic E-state index is -0.276. The van der Waals surface area contributed by atoms with E-state index in [1.165, 1.54) is 41.1 Å². The van der Waals surface area contributed by atoms with E-state index in [1.54, 1.807) is 35.1 Å². The number of nitrogens with zero attached hydrogens (tertiary/aromatic N) is 3. The molecule has 5 nitrogen and oxygen atoms in total. The van der Waals surface area contributed by atoms with Gasteiger partial charge in [0, 0.05) is 17.8 Å². The summed E-state index contributed by atoms with van der Waals surface area (Å²) < 4.78 is 20.5. The van der Waals surface area contributed by atoms with E-state index in [2.05, 4.69) is 14.8 Å². The van der Waals surface area contributed by atoms with Gasteiger partial charge in [-0.1, -0.05) is 18.2 Å². The third kappa shape index (κ3) is 4.05. The molecule has 1 amide bonds. The largest absolute Gasteiger partial charge is 0.305 e. The maximum atomic E-state index is 13.7. The molecule has 0 bridgehead atoms. The van der Waals surface area contributed by atoms with Gasteiger partial charge in [-0.3, -0.25) is 9.48 Å². The average Bonchev–Trinajstić information content (AvgIpc) is 3.23. The van der Waals surface area contributed by atoms with E-state index in [9.17, 15) is 9.18 Å². The first-order valence-electron chi connectivity index (χ1n) is 7.28. The monoisotopic (exact) mass is 394 g/mol. The molecule has 0 atom stereocenters. The van der Waals surface area contributed by atoms with Gasteiger partial charge in [0.2, 0.25) is 0 Å². The fourth-order valence-electron chi connectivity index (χ4n) is 2.23. The first-order chi connectivity index (χ1) is 12.1. The molecule has 0 aliphatic carbocycles. The van der Waals surface area contributed by atoms with Crippen LogP contribution in [0.3, 0.4) is 0 Å². The fourth-order valence-corrected chi connectivity index (χ4v) is 4.51. The number of carbonyl (C=O) groups is 1. The number of halogens is 1. The van der Waals surface area contributed by atoms with Crippen molar-refractivity contribution in [2.45, 2.75) is 15.8 Å². The van der Waals surface area contributed by atoms with Crippen LogP contribution in [0.15, 0.2) is 45.8 Å². The van der Waals surface area contributed by atoms with Gasteiger partial charge in [-0.2, -0.15) is 9.47 Å². The summed E-state index contributed by atoms with van der Waals surface area (Å²) in [4.78, 5) is 12.6. The third-order valence-corrected chi connectivity index (χ3v) is 6.15. The molecule has 3 aromatic rings. The lowest BCUT2D eigenvalue weighted by Gasteiger charge is -2.05. The summed E-state index contributed by atoms with van der Waals surface area (Å²) in [6.07, 6.45) is 5.51. The van der Waals surface area contributed by atoms with Gasteiger partial charge in [-0.25, -0.2) is 4.39 Å². The lowest BCUT2D eigenvalue weighted by Crippen LogP contribution is -2.14. The molecule has 0 unspecified atom stereocenters. The van der Waals surface area contributed by atoms with E-state index in [0.29, 0.717) is 28.5 Å². The molecular formula is C16H15FN4OS3. The summed E-state index contributed by atoms with van der Waals surface area (Å²) in [5.74, 6) is -0.0904. The summed E-state index contributed by atoms with van der Waals surface area (Å²) in [5.41, 5.74) is 1.12. The predicted octanol–water partition coefficient (Wildman–Crippen LogP) is 4.22. The Balaban J connectivity index is 1.74. The molecule has 0 radical (unpaired) electrons. The van der Waals surface area contributed by atoms with Crippen LogP contribution >= 0.6 is 35.1 Å². The van der Waals surface area contributed by atoms with Crippen molar-refractivity contribution in [3.05, 3.63) is 53.5 Å². The van der Waals surface area contributed by atoms with Crippen molar-refractivity contribution >= 4 is 46.8 Å². The first kappa shape index (κ1) is 18.0. The second-order valence-corrected chi connectivity index (χ2v) is 7.65. The maximum Gasteiger partial charge on any atom is 0.261 e. The van der Waals surface area contributed by atoms with E-state index in [-0.39, 0.29) is 11.7 Å². The second kappa shape index (κ2) is 8.03. The summed E-state index contributed by atoms with van der Waals surface area (Å²) >= 11 is 4.24. The summed E-state index contributed by atoms with van der Waals surface area (Å²) in [7, 11) is 0. The minimum Gasteiger partial charge on any atom is -0.305 e. The Morgan fingerprint density at radius 2 is 2.08 bits per heavy atom. The van der Waals surface area contributed by atoms with Crippen molar-refractivity contribution in [2.75, 3.05) is 17.8 Å². The molecule has 1 N–H and O–H groups in total. The lowest BCUT2D eigenvalue weighted by molar-refractivity contribution is 0.102. The Labute approximate surface area is 157 Å². The van der Waals surface area contributed by atoms with Gasteiger partial charge in [0.1, 0.15) is 10.8 Å². The Kier molecular flexibility index (Phi) is 5.77. The van der Waals surface area contributed by atoms with Crippen LogP contribution in [-0.4, -0.2) is 32.6 Å². The zero-order valence-electron chi connectivity index (χ0n) is 13.5. The highest BCUT2D eigenvalue weighted by Crippen LogP contribution is 2.33. The zero-order valence-corrected chi connectivity index (χ0v) is 16.0. The van der Waals surface area contributed by atoms with E-state index in [4.69, 9.17) is 0 Å². The van der Waals surface area contributed by atoms with Crippen LogP contribution in [0.1, 0.15) is 15.9 Å². The van der Waals surface area contributed by atoms with Crippen LogP contribution in [-0.2, 0) is 6.54 Å². The zero-order chi connectivity index (χ0) is 17.8. The van der Waals surface area contributed by atoms with Crippen molar-refractivity contribution in [2.24, 2.45) is 0 Å². The van der Waals surface area contributed by atoms with Crippen molar-refractivity contribution < 1.29 is 9.18 Å². The molecule has 25 heavy (non-hydrogen) atoms. The van der Waals surface area contributed by atoms with Gasteiger partial charge in [0.05, 0.1) is 16.3 Å². The first-order valence-corrected chi connectivity index (χ1v) is 10.5. The number of hydrogen-bond donors (Lipinski definition) is 1. The Morgan fingerprint density at radius 3 is 2.80 bits per heavy atom. The fraction of sp³-hybridized carbons (Fsp3) is 0.188. The van der Waals surface area contributed by atoms with Crippen LogP contribution in [0.2, 0.25) is 0 Å². The van der Waals surface area contributed by atoms with Gasteiger partial charge in [0.25, 0.3) is 5.91 Å². The summed E-state index contributed by atoms with van der Waals surface area (Å²) in [6, 6.07) is 8.24. The highest BCUT2D eigenvalue weighted by atomic mass is 32.2. The lowest BCUT2D eigenvalue weighted by atomic mass is 10.2. The number of anilines is 1. The molecule has 130 valence electrons. The van der Waals surface area contributed by atoms with Crippen LogP contribution < -0.4 is 5.32 Å². The van der Waals surface area contributed by atoms with Crippen molar-refractivity contribution in [1.82, 2.24) is 14.2 Å². The third-order valence-electron chi connectivity index (χ3n) is 3.41. The Bertz CT molecular complexity index is 872. The molecule has 9 heteroatoms. The van der Waals surface area contributed by atoms with Gasteiger partial charge in [-0.05, 0) is 30.1 Å². The van der Waals surface area contributed by atoms with Crippen LogP contribution in [0.4, 0.5) is 10.2 Å². The number of aromatic nitrogens is 3. The van der Waals surface area contributed by atoms with E-state index in [1.807, 2.05) is 12.5 Å². The molecule has 0 saturated carbocycles. The van der Waals surface area contributed by atoms with Crippen LogP contribution in [0.5, 0.6) is 0 Å². The number of nitrogens with one attached hydrogen (secondary N) is 1. The van der Waals surface area contributed by atoms with Gasteiger partial charge in [-0.15, -0.1) is 23.5 Å². The molecule has 2 aromatic heterocycles.